The minimum absolute atomic E-state index is 0.231. The molecule has 0 saturated carbocycles. The van der Waals surface area contributed by atoms with E-state index in [0.717, 1.165) is 23.2 Å². The maximum Gasteiger partial charge on any atom is 0.248 e. The maximum absolute atomic E-state index is 12.0. The molecule has 4 N–H and O–H groups in total. The minimum atomic E-state index is -0.231. The fraction of sp³-hybridized carbons (Fsp3) is 0.0556. The van der Waals surface area contributed by atoms with Gasteiger partial charge in [-0.25, -0.2) is 0 Å². The Morgan fingerprint density at radius 2 is 2.26 bits per heavy atom. The van der Waals surface area contributed by atoms with Gasteiger partial charge in [-0.1, -0.05) is 24.3 Å². The molecule has 0 atom stereocenters. The summed E-state index contributed by atoms with van der Waals surface area (Å²) in [6, 6.07) is 1.75. The third kappa shape index (κ3) is 4.64. The number of nitrogens with one attached hydrogen (secondary N) is 2. The first-order chi connectivity index (χ1) is 11.2. The first-order valence-corrected chi connectivity index (χ1v) is 7.14. The number of aromatic nitrogens is 1. The minimum Gasteiger partial charge on any atom is -0.404 e. The zero-order valence-corrected chi connectivity index (χ0v) is 12.6. The molecule has 1 aliphatic carbocycles. The van der Waals surface area contributed by atoms with Crippen LogP contribution in [0.25, 0.3) is 11.6 Å². The van der Waals surface area contributed by atoms with E-state index in [1.165, 1.54) is 18.5 Å². The van der Waals surface area contributed by atoms with Crippen LogP contribution < -0.4 is 11.1 Å². The van der Waals surface area contributed by atoms with Crippen LogP contribution in [0.4, 0.5) is 0 Å². The molecule has 1 aliphatic rings. The molecule has 116 valence electrons. The van der Waals surface area contributed by atoms with E-state index in [2.05, 4.69) is 10.3 Å². The van der Waals surface area contributed by atoms with Gasteiger partial charge >= 0.3 is 0 Å². The number of hydrogen-bond donors (Lipinski definition) is 3. The van der Waals surface area contributed by atoms with Crippen molar-refractivity contribution in [1.29, 1.82) is 5.41 Å². The average molecular weight is 306 g/mol. The predicted molar refractivity (Wildman–Crippen MR) is 93.3 cm³/mol. The number of carbonyl (C=O) groups excluding carboxylic acids is 1. The summed E-state index contributed by atoms with van der Waals surface area (Å²) in [6.07, 6.45) is 19.2. The van der Waals surface area contributed by atoms with E-state index in [4.69, 9.17) is 11.1 Å². The topological polar surface area (TPSA) is 91.9 Å². The molecule has 1 heterocycles. The molecule has 5 nitrogen and oxygen atoms in total. The monoisotopic (exact) mass is 306 g/mol. The first kappa shape index (κ1) is 16.2. The summed E-state index contributed by atoms with van der Waals surface area (Å²) in [5, 5.41) is 10.2. The number of amides is 1. The summed E-state index contributed by atoms with van der Waals surface area (Å²) in [7, 11) is 0. The molecule has 0 spiro atoms. The van der Waals surface area contributed by atoms with Gasteiger partial charge in [0.2, 0.25) is 5.91 Å². The van der Waals surface area contributed by atoms with Gasteiger partial charge in [0.05, 0.1) is 0 Å². The van der Waals surface area contributed by atoms with Crippen molar-refractivity contribution in [2.75, 3.05) is 0 Å². The molecule has 2 rings (SSSR count). The fourth-order valence-electron chi connectivity index (χ4n) is 2.04. The van der Waals surface area contributed by atoms with Gasteiger partial charge in [-0.05, 0) is 30.2 Å². The van der Waals surface area contributed by atoms with Crippen LogP contribution in [0.5, 0.6) is 0 Å². The number of rotatable bonds is 5. The van der Waals surface area contributed by atoms with E-state index in [-0.39, 0.29) is 5.91 Å². The average Bonchev–Trinajstić information content (AvgIpc) is 2.84. The zero-order chi connectivity index (χ0) is 16.5. The molecular formula is C18H18N4O. The van der Waals surface area contributed by atoms with Gasteiger partial charge in [-0.2, -0.15) is 0 Å². The Labute approximate surface area is 135 Å². The summed E-state index contributed by atoms with van der Waals surface area (Å²) >= 11 is 0. The van der Waals surface area contributed by atoms with Crippen LogP contribution in [0.15, 0.2) is 66.8 Å². The second kappa shape index (κ2) is 8.29. The molecule has 0 fully saturated rings. The molecule has 23 heavy (non-hydrogen) atoms. The lowest BCUT2D eigenvalue weighted by Crippen LogP contribution is -2.19. The van der Waals surface area contributed by atoms with Crippen molar-refractivity contribution in [3.63, 3.8) is 0 Å². The zero-order valence-electron chi connectivity index (χ0n) is 12.6. The number of pyridine rings is 1. The molecule has 0 unspecified atom stereocenters. The highest BCUT2D eigenvalue weighted by Crippen LogP contribution is 2.17. The largest absolute Gasteiger partial charge is 0.404 e. The molecule has 0 aromatic carbocycles. The second-order valence-corrected chi connectivity index (χ2v) is 4.73. The number of nitrogens with two attached hydrogens (primary N) is 1. The van der Waals surface area contributed by atoms with E-state index >= 15 is 0 Å². The molecule has 5 heteroatoms. The molecule has 1 amide bonds. The summed E-state index contributed by atoms with van der Waals surface area (Å²) in [4.78, 5) is 16.1. The summed E-state index contributed by atoms with van der Waals surface area (Å²) in [5.74, 6) is -0.231. The lowest BCUT2D eigenvalue weighted by molar-refractivity contribution is -0.115. The van der Waals surface area contributed by atoms with E-state index in [9.17, 15) is 4.79 Å². The molecule has 0 saturated heterocycles. The van der Waals surface area contributed by atoms with Gasteiger partial charge < -0.3 is 16.5 Å². The van der Waals surface area contributed by atoms with Crippen molar-refractivity contribution in [2.45, 2.75) is 6.42 Å². The Morgan fingerprint density at radius 3 is 3.04 bits per heavy atom. The summed E-state index contributed by atoms with van der Waals surface area (Å²) in [6.45, 7) is 0. The number of allylic oxidation sites excluding steroid dienone is 6. The Morgan fingerprint density at radius 1 is 1.39 bits per heavy atom. The van der Waals surface area contributed by atoms with Crippen LogP contribution in [-0.4, -0.2) is 17.1 Å². The maximum atomic E-state index is 12.0. The Hall–Kier alpha value is -3.21. The summed E-state index contributed by atoms with van der Waals surface area (Å²) in [5.41, 5.74) is 8.31. The fourth-order valence-corrected chi connectivity index (χ4v) is 2.04. The third-order valence-electron chi connectivity index (χ3n) is 3.18. The van der Waals surface area contributed by atoms with Crippen LogP contribution >= 0.6 is 0 Å². The van der Waals surface area contributed by atoms with Crippen molar-refractivity contribution < 1.29 is 4.79 Å². The molecule has 1 aromatic rings. The molecular weight excluding hydrogens is 288 g/mol. The Bertz CT molecular complexity index is 739. The van der Waals surface area contributed by atoms with E-state index < -0.39 is 0 Å². The van der Waals surface area contributed by atoms with Gasteiger partial charge in [0.25, 0.3) is 0 Å². The Balaban J connectivity index is 2.13. The van der Waals surface area contributed by atoms with Crippen LogP contribution in [0, 0.1) is 5.41 Å². The molecule has 0 bridgehead atoms. The van der Waals surface area contributed by atoms with Crippen molar-refractivity contribution >= 4 is 23.8 Å². The van der Waals surface area contributed by atoms with Gasteiger partial charge in [0, 0.05) is 47.7 Å². The van der Waals surface area contributed by atoms with Crippen LogP contribution in [0.3, 0.4) is 0 Å². The lowest BCUT2D eigenvalue weighted by Gasteiger charge is -2.05. The van der Waals surface area contributed by atoms with Crippen LogP contribution in [0.1, 0.15) is 17.5 Å². The summed E-state index contributed by atoms with van der Waals surface area (Å²) < 4.78 is 0. The smallest absolute Gasteiger partial charge is 0.248 e. The third-order valence-corrected chi connectivity index (χ3v) is 3.18. The highest BCUT2D eigenvalue weighted by Gasteiger charge is 2.04. The molecule has 1 aromatic heterocycles. The van der Waals surface area contributed by atoms with Crippen molar-refractivity contribution in [3.05, 3.63) is 77.9 Å². The lowest BCUT2D eigenvalue weighted by atomic mass is 10.0. The van der Waals surface area contributed by atoms with Crippen molar-refractivity contribution in [2.24, 2.45) is 5.73 Å². The van der Waals surface area contributed by atoms with E-state index in [1.54, 1.807) is 24.5 Å². The SMILES string of the molecule is N=CC(=CN)c1ccncc1/C=C/C(=O)NC1=CCC=CC=C1. The molecule has 0 radical (unpaired) electrons. The van der Waals surface area contributed by atoms with E-state index in [0.29, 0.717) is 5.57 Å². The molecule has 0 aliphatic heterocycles. The van der Waals surface area contributed by atoms with E-state index in [1.807, 2.05) is 30.4 Å². The standard InChI is InChI=1S/C18H18N4O/c19-11-15(12-20)17-9-10-21-13-14(17)7-8-18(23)22-16-5-3-1-2-4-6-16/h1-3,5-13,19H,4,20H2,(H,22,23)/b8-7+,15-12?,19-11?. The van der Waals surface area contributed by atoms with Crippen LogP contribution in [-0.2, 0) is 4.79 Å². The second-order valence-electron chi connectivity index (χ2n) is 4.73. The predicted octanol–water partition coefficient (Wildman–Crippen LogP) is 2.56. The van der Waals surface area contributed by atoms with Gasteiger partial charge in [0.15, 0.2) is 0 Å². The van der Waals surface area contributed by atoms with Gasteiger partial charge in [-0.15, -0.1) is 0 Å². The number of hydrogen-bond acceptors (Lipinski definition) is 4. The highest BCUT2D eigenvalue weighted by molar-refractivity contribution is 6.09. The number of nitrogens with zero attached hydrogens (tertiary/aromatic N) is 1. The first-order valence-electron chi connectivity index (χ1n) is 7.14. The Kier molecular flexibility index (Phi) is 5.82. The van der Waals surface area contributed by atoms with Gasteiger partial charge in [0.1, 0.15) is 0 Å². The van der Waals surface area contributed by atoms with Crippen LogP contribution in [0.2, 0.25) is 0 Å². The quantitative estimate of drug-likeness (QED) is 0.576. The van der Waals surface area contributed by atoms with Crippen molar-refractivity contribution in [3.8, 4) is 0 Å². The van der Waals surface area contributed by atoms with Crippen molar-refractivity contribution in [1.82, 2.24) is 10.3 Å². The van der Waals surface area contributed by atoms with Gasteiger partial charge in [-0.3, -0.25) is 9.78 Å². The number of carbonyl (C=O) groups is 1. The highest BCUT2D eigenvalue weighted by atomic mass is 16.1. The normalized spacial score (nSPS) is 14.4.